The number of aliphatic hydroxyl groups is 1. The first-order chi connectivity index (χ1) is 12.8. The molecule has 0 aliphatic carbocycles. The number of hydrogen-bond donors (Lipinski definition) is 1. The van der Waals surface area contributed by atoms with Crippen LogP contribution in [0.3, 0.4) is 0 Å². The van der Waals surface area contributed by atoms with Crippen molar-refractivity contribution in [3.05, 3.63) is 0 Å². The van der Waals surface area contributed by atoms with Gasteiger partial charge in [0.05, 0.1) is 19.0 Å². The molecule has 0 aromatic rings. The van der Waals surface area contributed by atoms with Crippen molar-refractivity contribution in [1.29, 1.82) is 0 Å². The summed E-state index contributed by atoms with van der Waals surface area (Å²) >= 11 is 0. The second-order valence-corrected chi connectivity index (χ2v) is 7.15. The third-order valence-corrected chi connectivity index (χ3v) is 4.51. The van der Waals surface area contributed by atoms with Gasteiger partial charge in [0, 0.05) is 12.4 Å². The Morgan fingerprint density at radius 1 is 0.759 bits per heavy atom. The van der Waals surface area contributed by atoms with Gasteiger partial charge in [-0.25, -0.2) is 0 Å². The fourth-order valence-electron chi connectivity index (χ4n) is 2.86. The number of carbonyl (C=O) groups is 3. The van der Waals surface area contributed by atoms with Gasteiger partial charge in [0.1, 0.15) is 5.60 Å². The number of hydrogen-bond acceptors (Lipinski definition) is 7. The van der Waals surface area contributed by atoms with E-state index in [4.69, 9.17) is 4.74 Å². The predicted octanol–water partition coefficient (Wildman–Crippen LogP) is -4.75. The first-order valence-corrected chi connectivity index (χ1v) is 10.1. The van der Waals surface area contributed by atoms with E-state index in [2.05, 4.69) is 6.92 Å². The molecule has 29 heavy (non-hydrogen) atoms. The number of unbranched alkanes of at least 4 members (excludes halogenated alkanes) is 11. The Morgan fingerprint density at radius 3 is 1.55 bits per heavy atom. The van der Waals surface area contributed by atoms with Gasteiger partial charge in [-0.3, -0.25) is 4.79 Å². The zero-order valence-electron chi connectivity index (χ0n) is 18.5. The van der Waals surface area contributed by atoms with Crippen LogP contribution in [0.5, 0.6) is 0 Å². The topological polar surface area (TPSA) is 127 Å². The van der Waals surface area contributed by atoms with Gasteiger partial charge in [0.15, 0.2) is 0 Å². The summed E-state index contributed by atoms with van der Waals surface area (Å²) in [5.41, 5.74) is -2.80. The van der Waals surface area contributed by atoms with Crippen LogP contribution in [0.15, 0.2) is 0 Å². The molecule has 0 aromatic carbocycles. The van der Waals surface area contributed by atoms with E-state index in [1.165, 1.54) is 51.4 Å². The van der Waals surface area contributed by atoms with Gasteiger partial charge >= 0.3 is 65.1 Å². The number of rotatable bonds is 18. The summed E-state index contributed by atoms with van der Waals surface area (Å²) in [6.45, 7) is 2.33. The normalized spacial score (nSPS) is 12.2. The second-order valence-electron chi connectivity index (χ2n) is 7.15. The van der Waals surface area contributed by atoms with E-state index in [9.17, 15) is 29.7 Å². The van der Waals surface area contributed by atoms with Crippen LogP contribution >= 0.6 is 0 Å². The summed E-state index contributed by atoms with van der Waals surface area (Å²) in [6, 6.07) is 0. The molecule has 0 saturated carbocycles. The van der Waals surface area contributed by atoms with Gasteiger partial charge in [-0.15, -0.1) is 0 Å². The molecule has 9 heteroatoms. The molecule has 0 spiro atoms. The average Bonchev–Trinajstić information content (AvgIpc) is 2.58. The summed E-state index contributed by atoms with van der Waals surface area (Å²) in [5, 5.41) is 30.9. The van der Waals surface area contributed by atoms with E-state index in [0.29, 0.717) is 6.42 Å². The predicted molar refractivity (Wildman–Crippen MR) is 96.2 cm³/mol. The maximum absolute atomic E-state index is 11.6. The molecule has 0 rings (SSSR count). The van der Waals surface area contributed by atoms with Crippen molar-refractivity contribution in [3.63, 3.8) is 0 Å². The van der Waals surface area contributed by atoms with Crippen LogP contribution in [0.4, 0.5) is 0 Å². The summed E-state index contributed by atoms with van der Waals surface area (Å²) in [7, 11) is 0. The average molecular weight is 432 g/mol. The molecule has 1 atom stereocenters. The Hall–Kier alpha value is 0.370. The van der Waals surface area contributed by atoms with Crippen molar-refractivity contribution >= 4 is 17.9 Å². The van der Waals surface area contributed by atoms with Crippen LogP contribution in [0, 0.1) is 0 Å². The minimum atomic E-state index is -2.80. The molecule has 1 N–H and O–H groups in total. The van der Waals surface area contributed by atoms with E-state index in [1.807, 2.05) is 0 Å². The van der Waals surface area contributed by atoms with Crippen LogP contribution in [0.2, 0.25) is 0 Å². The standard InChI is InChI=1S/C20H36O7.2Na/c1-2-3-4-5-6-7-8-9-10-11-12-13-14-27-18(23)16-20(26,19(24)25)15-17(21)22;;/h26H,2-16H2,1H3,(H,21,22)(H,24,25);;/q;2*+1/p-2. The van der Waals surface area contributed by atoms with E-state index < -0.39 is 36.4 Å². The van der Waals surface area contributed by atoms with Crippen LogP contribution in [-0.4, -0.2) is 35.2 Å². The summed E-state index contributed by atoms with van der Waals surface area (Å²) in [6.07, 6.45) is 11.8. The molecule has 0 aromatic heterocycles. The van der Waals surface area contributed by atoms with Crippen molar-refractivity contribution in [2.75, 3.05) is 6.61 Å². The van der Waals surface area contributed by atoms with Gasteiger partial charge < -0.3 is 29.6 Å². The third kappa shape index (κ3) is 20.0. The number of carboxylic acids is 2. The molecule has 0 amide bonds. The summed E-state index contributed by atoms with van der Waals surface area (Å²) < 4.78 is 4.86. The van der Waals surface area contributed by atoms with Crippen LogP contribution in [0.1, 0.15) is 96.8 Å². The van der Waals surface area contributed by atoms with Crippen LogP contribution in [-0.2, 0) is 19.1 Å². The molecule has 158 valence electrons. The molecule has 7 nitrogen and oxygen atoms in total. The number of carbonyl (C=O) groups excluding carboxylic acids is 3. The van der Waals surface area contributed by atoms with Gasteiger partial charge in [0.25, 0.3) is 0 Å². The van der Waals surface area contributed by atoms with E-state index in [0.717, 1.165) is 19.3 Å². The molecule has 0 radical (unpaired) electrons. The molecule has 0 fully saturated rings. The van der Waals surface area contributed by atoms with Crippen molar-refractivity contribution < 1.29 is 93.6 Å². The number of aliphatic carboxylic acids is 2. The fourth-order valence-corrected chi connectivity index (χ4v) is 2.86. The Kier molecular flexibility index (Phi) is 25.3. The number of carboxylic acid groups (broad SMARTS) is 2. The van der Waals surface area contributed by atoms with Gasteiger partial charge in [-0.1, -0.05) is 77.6 Å². The minimum absolute atomic E-state index is 0. The van der Waals surface area contributed by atoms with Crippen molar-refractivity contribution in [2.45, 2.75) is 102 Å². The SMILES string of the molecule is CCCCCCCCCCCCCCOC(=O)CC(O)(CC(=O)[O-])C(=O)[O-].[Na+].[Na+]. The van der Waals surface area contributed by atoms with Crippen molar-refractivity contribution in [1.82, 2.24) is 0 Å². The molecule has 0 heterocycles. The maximum Gasteiger partial charge on any atom is 1.00 e. The van der Waals surface area contributed by atoms with E-state index in [1.54, 1.807) is 0 Å². The smallest absolute Gasteiger partial charge is 0.550 e. The molecule has 0 aliphatic heterocycles. The second kappa shape index (κ2) is 21.6. The van der Waals surface area contributed by atoms with Gasteiger partial charge in [0.2, 0.25) is 0 Å². The molecule has 1 unspecified atom stereocenters. The van der Waals surface area contributed by atoms with Crippen LogP contribution in [0.25, 0.3) is 0 Å². The molecule has 0 saturated heterocycles. The monoisotopic (exact) mass is 432 g/mol. The van der Waals surface area contributed by atoms with Gasteiger partial charge in [-0.2, -0.15) is 0 Å². The Bertz CT molecular complexity index is 447. The summed E-state index contributed by atoms with van der Waals surface area (Å²) in [4.78, 5) is 32.9. The Morgan fingerprint density at radius 2 is 1.17 bits per heavy atom. The van der Waals surface area contributed by atoms with Crippen molar-refractivity contribution in [3.8, 4) is 0 Å². The third-order valence-electron chi connectivity index (χ3n) is 4.51. The molecule has 0 aliphatic rings. The Labute approximate surface area is 218 Å². The Balaban J connectivity index is -0.00000338. The quantitative estimate of drug-likeness (QED) is 0.131. The maximum atomic E-state index is 11.6. The summed E-state index contributed by atoms with van der Waals surface area (Å²) in [5.74, 6) is -4.78. The fraction of sp³-hybridized carbons (Fsp3) is 0.850. The zero-order chi connectivity index (χ0) is 20.5. The minimum Gasteiger partial charge on any atom is -0.550 e. The number of ether oxygens (including phenoxy) is 1. The molecular formula is C20H34Na2O7. The van der Waals surface area contributed by atoms with Gasteiger partial charge in [-0.05, 0) is 6.42 Å². The largest absolute Gasteiger partial charge is 1.00 e. The number of esters is 1. The van der Waals surface area contributed by atoms with E-state index >= 15 is 0 Å². The molecule has 0 bridgehead atoms. The first-order valence-electron chi connectivity index (χ1n) is 10.1. The van der Waals surface area contributed by atoms with Crippen molar-refractivity contribution in [2.24, 2.45) is 0 Å². The zero-order valence-corrected chi connectivity index (χ0v) is 22.5. The molecular weight excluding hydrogens is 398 g/mol. The van der Waals surface area contributed by atoms with Crippen LogP contribution < -0.4 is 69.3 Å². The van der Waals surface area contributed by atoms with E-state index in [-0.39, 0.29) is 65.7 Å². The first kappa shape index (κ1) is 34.0.